The number of aromatic nitrogens is 3. The molecule has 0 spiro atoms. The summed E-state index contributed by atoms with van der Waals surface area (Å²) in [5.74, 6) is 0.651. The van der Waals surface area contributed by atoms with Crippen molar-refractivity contribution in [3.63, 3.8) is 0 Å². The van der Waals surface area contributed by atoms with E-state index in [0.717, 1.165) is 5.56 Å². The average Bonchev–Trinajstić information content (AvgIpc) is 2.70. The molecule has 0 fully saturated rings. The zero-order chi connectivity index (χ0) is 10.8. The van der Waals surface area contributed by atoms with Crippen LogP contribution in [0.5, 0.6) is 0 Å². The van der Waals surface area contributed by atoms with Crippen molar-refractivity contribution in [2.24, 2.45) is 0 Å². The fourth-order valence-electron chi connectivity index (χ4n) is 1.31. The Balaban J connectivity index is 2.48. The van der Waals surface area contributed by atoms with Crippen molar-refractivity contribution in [1.82, 2.24) is 14.5 Å². The van der Waals surface area contributed by atoms with Gasteiger partial charge in [-0.2, -0.15) is 0 Å². The van der Waals surface area contributed by atoms with Gasteiger partial charge in [-0.1, -0.05) is 0 Å². The van der Waals surface area contributed by atoms with Crippen LogP contribution in [0.3, 0.4) is 0 Å². The molecule has 0 amide bonds. The van der Waals surface area contributed by atoms with Crippen LogP contribution < -0.4 is 0 Å². The van der Waals surface area contributed by atoms with Crippen LogP contribution in [-0.2, 0) is 0 Å². The Morgan fingerprint density at radius 3 is 2.87 bits per heavy atom. The Morgan fingerprint density at radius 2 is 2.33 bits per heavy atom. The van der Waals surface area contributed by atoms with Gasteiger partial charge in [0.2, 0.25) is 0 Å². The van der Waals surface area contributed by atoms with E-state index in [9.17, 15) is 10.1 Å². The molecule has 0 aliphatic rings. The molecule has 0 aromatic carbocycles. The molecule has 0 unspecified atom stereocenters. The maximum atomic E-state index is 10.5. The molecule has 2 aromatic heterocycles. The molecule has 0 aliphatic carbocycles. The monoisotopic (exact) mass is 204 g/mol. The van der Waals surface area contributed by atoms with Crippen LogP contribution in [0.1, 0.15) is 5.56 Å². The summed E-state index contributed by atoms with van der Waals surface area (Å²) in [5, 5.41) is 10.5. The van der Waals surface area contributed by atoms with Crippen LogP contribution in [0.15, 0.2) is 31.0 Å². The van der Waals surface area contributed by atoms with Gasteiger partial charge in [-0.25, -0.2) is 9.97 Å². The van der Waals surface area contributed by atoms with Crippen LogP contribution >= 0.6 is 0 Å². The van der Waals surface area contributed by atoms with Crippen molar-refractivity contribution in [3.05, 3.63) is 46.7 Å². The van der Waals surface area contributed by atoms with E-state index in [-0.39, 0.29) is 5.69 Å². The Bertz CT molecular complexity index is 493. The topological polar surface area (TPSA) is 73.8 Å². The molecule has 0 atom stereocenters. The van der Waals surface area contributed by atoms with Crippen LogP contribution in [0.2, 0.25) is 0 Å². The Labute approximate surface area is 85.4 Å². The van der Waals surface area contributed by atoms with Crippen molar-refractivity contribution in [2.45, 2.75) is 6.92 Å². The lowest BCUT2D eigenvalue weighted by Gasteiger charge is -2.03. The molecule has 0 radical (unpaired) electrons. The molecule has 15 heavy (non-hydrogen) atoms. The zero-order valence-corrected chi connectivity index (χ0v) is 7.99. The van der Waals surface area contributed by atoms with E-state index in [1.807, 2.05) is 0 Å². The average molecular weight is 204 g/mol. The van der Waals surface area contributed by atoms with Gasteiger partial charge >= 0.3 is 0 Å². The maximum absolute atomic E-state index is 10.5. The number of imidazole rings is 1. The largest absolute Gasteiger partial charge is 0.290 e. The molecular weight excluding hydrogens is 196 g/mol. The molecular formula is C9H8N4O2. The summed E-state index contributed by atoms with van der Waals surface area (Å²) in [4.78, 5) is 17.9. The van der Waals surface area contributed by atoms with Crippen molar-refractivity contribution < 1.29 is 4.92 Å². The summed E-state index contributed by atoms with van der Waals surface area (Å²) >= 11 is 0. The van der Waals surface area contributed by atoms with Gasteiger partial charge in [-0.3, -0.25) is 14.7 Å². The minimum absolute atomic E-state index is 0.00337. The fourth-order valence-corrected chi connectivity index (χ4v) is 1.31. The highest BCUT2D eigenvalue weighted by molar-refractivity contribution is 5.40. The number of aryl methyl sites for hydroxylation is 1. The van der Waals surface area contributed by atoms with Gasteiger partial charge < -0.3 is 0 Å². The number of nitro groups is 1. The van der Waals surface area contributed by atoms with Crippen molar-refractivity contribution >= 4 is 5.69 Å². The Morgan fingerprint density at radius 1 is 1.53 bits per heavy atom. The van der Waals surface area contributed by atoms with Gasteiger partial charge in [0, 0.05) is 18.5 Å². The lowest BCUT2D eigenvalue weighted by atomic mass is 10.2. The predicted molar refractivity (Wildman–Crippen MR) is 52.8 cm³/mol. The normalized spacial score (nSPS) is 10.2. The third-order valence-electron chi connectivity index (χ3n) is 2.00. The SMILES string of the molecule is Cc1cc([N+](=O)[O-])cnc1-n1ccnc1. The summed E-state index contributed by atoms with van der Waals surface area (Å²) in [5.41, 5.74) is 0.735. The van der Waals surface area contributed by atoms with Gasteiger partial charge in [-0.15, -0.1) is 0 Å². The summed E-state index contributed by atoms with van der Waals surface area (Å²) in [6.45, 7) is 1.77. The lowest BCUT2D eigenvalue weighted by Crippen LogP contribution is -1.99. The first-order valence-electron chi connectivity index (χ1n) is 4.28. The van der Waals surface area contributed by atoms with Crippen molar-refractivity contribution in [2.75, 3.05) is 0 Å². The maximum Gasteiger partial charge on any atom is 0.287 e. The summed E-state index contributed by atoms with van der Waals surface area (Å²) in [6, 6.07) is 1.49. The molecule has 0 aliphatic heterocycles. The summed E-state index contributed by atoms with van der Waals surface area (Å²) in [6.07, 6.45) is 6.20. The highest BCUT2D eigenvalue weighted by Gasteiger charge is 2.09. The number of nitrogens with zero attached hydrogens (tertiary/aromatic N) is 4. The summed E-state index contributed by atoms with van der Waals surface area (Å²) in [7, 11) is 0. The molecule has 2 rings (SSSR count). The van der Waals surface area contributed by atoms with Gasteiger partial charge in [0.05, 0.1) is 4.92 Å². The second kappa shape index (κ2) is 3.49. The fraction of sp³-hybridized carbons (Fsp3) is 0.111. The molecule has 2 heterocycles. The number of rotatable bonds is 2. The van der Waals surface area contributed by atoms with Crippen LogP contribution in [0.4, 0.5) is 5.69 Å². The van der Waals surface area contributed by atoms with Crippen LogP contribution in [0, 0.1) is 17.0 Å². The molecule has 6 nitrogen and oxygen atoms in total. The summed E-state index contributed by atoms with van der Waals surface area (Å²) < 4.78 is 1.71. The zero-order valence-electron chi connectivity index (χ0n) is 7.99. The molecule has 0 saturated heterocycles. The second-order valence-corrected chi connectivity index (χ2v) is 3.06. The first-order valence-corrected chi connectivity index (χ1v) is 4.28. The standard InChI is InChI=1S/C9H8N4O2/c1-7-4-8(13(14)15)5-11-9(7)12-3-2-10-6-12/h2-6H,1H3. The van der Waals surface area contributed by atoms with Gasteiger partial charge in [0.1, 0.15) is 18.3 Å². The van der Waals surface area contributed by atoms with Gasteiger partial charge in [-0.05, 0) is 12.5 Å². The minimum atomic E-state index is -0.461. The Kier molecular flexibility index (Phi) is 2.17. The highest BCUT2D eigenvalue weighted by Crippen LogP contribution is 2.16. The van der Waals surface area contributed by atoms with Crippen molar-refractivity contribution in [3.8, 4) is 5.82 Å². The van der Waals surface area contributed by atoms with E-state index in [4.69, 9.17) is 0 Å². The molecule has 2 aromatic rings. The molecule has 0 saturated carbocycles. The second-order valence-electron chi connectivity index (χ2n) is 3.06. The highest BCUT2D eigenvalue weighted by atomic mass is 16.6. The molecule has 6 heteroatoms. The first-order chi connectivity index (χ1) is 7.18. The first kappa shape index (κ1) is 9.32. The minimum Gasteiger partial charge on any atom is -0.290 e. The van der Waals surface area contributed by atoms with E-state index >= 15 is 0 Å². The van der Waals surface area contributed by atoms with E-state index in [1.165, 1.54) is 12.3 Å². The van der Waals surface area contributed by atoms with Crippen molar-refractivity contribution in [1.29, 1.82) is 0 Å². The van der Waals surface area contributed by atoms with Gasteiger partial charge in [0.25, 0.3) is 5.69 Å². The molecule has 0 N–H and O–H groups in total. The third kappa shape index (κ3) is 1.69. The van der Waals surface area contributed by atoms with E-state index in [0.29, 0.717) is 5.82 Å². The molecule has 76 valence electrons. The predicted octanol–water partition coefficient (Wildman–Crippen LogP) is 1.48. The number of hydrogen-bond acceptors (Lipinski definition) is 4. The third-order valence-corrected chi connectivity index (χ3v) is 2.00. The van der Waals surface area contributed by atoms with E-state index in [2.05, 4.69) is 9.97 Å². The number of pyridine rings is 1. The van der Waals surface area contributed by atoms with E-state index < -0.39 is 4.92 Å². The lowest BCUT2D eigenvalue weighted by molar-refractivity contribution is -0.385. The molecule has 0 bridgehead atoms. The van der Waals surface area contributed by atoms with Crippen LogP contribution in [0.25, 0.3) is 5.82 Å². The number of hydrogen-bond donors (Lipinski definition) is 0. The van der Waals surface area contributed by atoms with Crippen LogP contribution in [-0.4, -0.2) is 19.5 Å². The van der Waals surface area contributed by atoms with E-state index in [1.54, 1.807) is 30.2 Å². The quantitative estimate of drug-likeness (QED) is 0.548. The van der Waals surface area contributed by atoms with Gasteiger partial charge in [0.15, 0.2) is 0 Å². The smallest absolute Gasteiger partial charge is 0.287 e. The Hall–Kier alpha value is -2.24.